The van der Waals surface area contributed by atoms with Crippen molar-refractivity contribution in [2.24, 2.45) is 0 Å². The molecule has 3 aromatic rings. The SMILES string of the molecule is CCC(C(=O)Nc1ccccc1C(C)C)n1cnc2sc(C(=O)OCCOC)c(C)c2c1=O. The molecule has 0 bridgehead atoms. The number of nitrogens with zero attached hydrogens (tertiary/aromatic N) is 2. The number of hydrogen-bond donors (Lipinski definition) is 1. The summed E-state index contributed by atoms with van der Waals surface area (Å²) in [6.45, 7) is 8.06. The van der Waals surface area contributed by atoms with E-state index in [1.165, 1.54) is 18.0 Å². The highest BCUT2D eigenvalue weighted by atomic mass is 32.1. The molecule has 0 radical (unpaired) electrons. The van der Waals surface area contributed by atoms with E-state index in [-0.39, 0.29) is 30.6 Å². The molecule has 8 nitrogen and oxygen atoms in total. The van der Waals surface area contributed by atoms with Gasteiger partial charge in [0.25, 0.3) is 5.56 Å². The van der Waals surface area contributed by atoms with E-state index in [0.29, 0.717) is 27.1 Å². The second-order valence-electron chi connectivity index (χ2n) is 7.98. The molecule has 0 saturated heterocycles. The Kier molecular flexibility index (Phi) is 7.99. The van der Waals surface area contributed by atoms with Crippen LogP contribution in [0.15, 0.2) is 35.4 Å². The minimum Gasteiger partial charge on any atom is -0.459 e. The molecule has 0 spiro atoms. The van der Waals surface area contributed by atoms with Gasteiger partial charge in [-0.2, -0.15) is 0 Å². The number of rotatable bonds is 9. The molecule has 0 aliphatic carbocycles. The number of aryl methyl sites for hydroxylation is 1. The number of esters is 1. The highest BCUT2D eigenvalue weighted by Gasteiger charge is 2.25. The molecule has 1 atom stereocenters. The van der Waals surface area contributed by atoms with Gasteiger partial charge in [-0.15, -0.1) is 11.3 Å². The number of carbonyl (C=O) groups excluding carboxylic acids is 2. The predicted molar refractivity (Wildman–Crippen MR) is 129 cm³/mol. The average Bonchev–Trinajstić information content (AvgIpc) is 3.13. The molecular formula is C24H29N3O5S. The molecular weight excluding hydrogens is 442 g/mol. The third kappa shape index (κ3) is 5.15. The lowest BCUT2D eigenvalue weighted by Gasteiger charge is -2.20. The molecule has 9 heteroatoms. The molecule has 2 aromatic heterocycles. The fourth-order valence-corrected chi connectivity index (χ4v) is 4.71. The van der Waals surface area contributed by atoms with Crippen LogP contribution in [0.2, 0.25) is 0 Å². The minimum absolute atomic E-state index is 0.122. The van der Waals surface area contributed by atoms with Crippen LogP contribution in [0.25, 0.3) is 10.2 Å². The zero-order valence-electron chi connectivity index (χ0n) is 19.5. The Bertz CT molecular complexity index is 1210. The normalized spacial score (nSPS) is 12.2. The van der Waals surface area contributed by atoms with E-state index in [9.17, 15) is 14.4 Å². The summed E-state index contributed by atoms with van der Waals surface area (Å²) in [7, 11) is 1.52. The fraction of sp³-hybridized carbons (Fsp3) is 0.417. The number of thiophene rings is 1. The van der Waals surface area contributed by atoms with E-state index in [2.05, 4.69) is 24.1 Å². The summed E-state index contributed by atoms with van der Waals surface area (Å²) < 4.78 is 11.4. The quantitative estimate of drug-likeness (QED) is 0.369. The third-order valence-corrected chi connectivity index (χ3v) is 6.63. The first-order chi connectivity index (χ1) is 15.8. The van der Waals surface area contributed by atoms with Crippen LogP contribution in [0, 0.1) is 6.92 Å². The first kappa shape index (κ1) is 24.6. The van der Waals surface area contributed by atoms with Gasteiger partial charge in [0, 0.05) is 12.8 Å². The maximum absolute atomic E-state index is 13.4. The van der Waals surface area contributed by atoms with Gasteiger partial charge in [-0.25, -0.2) is 9.78 Å². The van der Waals surface area contributed by atoms with Gasteiger partial charge in [-0.1, -0.05) is 39.0 Å². The van der Waals surface area contributed by atoms with Gasteiger partial charge in [0.05, 0.1) is 18.3 Å². The topological polar surface area (TPSA) is 99.5 Å². The van der Waals surface area contributed by atoms with Gasteiger partial charge in [0.15, 0.2) is 0 Å². The molecule has 0 aliphatic rings. The van der Waals surface area contributed by atoms with Crippen LogP contribution >= 0.6 is 11.3 Å². The van der Waals surface area contributed by atoms with Gasteiger partial charge in [-0.05, 0) is 36.5 Å². The van der Waals surface area contributed by atoms with Gasteiger partial charge in [-0.3, -0.25) is 14.2 Å². The summed E-state index contributed by atoms with van der Waals surface area (Å²) in [6.07, 6.45) is 1.78. The highest BCUT2D eigenvalue weighted by Crippen LogP contribution is 2.29. The second-order valence-corrected chi connectivity index (χ2v) is 8.98. The Morgan fingerprint density at radius 1 is 1.21 bits per heavy atom. The number of ether oxygens (including phenoxy) is 2. The maximum Gasteiger partial charge on any atom is 0.348 e. The van der Waals surface area contributed by atoms with E-state index in [1.54, 1.807) is 6.92 Å². The number of benzene rings is 1. The Labute approximate surface area is 196 Å². The standard InChI is InChI=1S/C24H29N3O5S/c1-6-18(21(28)26-17-10-8-7-9-16(17)14(2)3)27-13-25-22-19(23(27)29)15(4)20(33-22)24(30)32-12-11-31-5/h7-10,13-14,18H,6,11-12H2,1-5H3,(H,26,28). The second kappa shape index (κ2) is 10.7. The number of methoxy groups -OCH3 is 1. The molecule has 1 amide bonds. The molecule has 1 aromatic carbocycles. The van der Waals surface area contributed by atoms with Crippen LogP contribution in [-0.4, -0.2) is 41.8 Å². The van der Waals surface area contributed by atoms with Crippen LogP contribution in [0.5, 0.6) is 0 Å². The van der Waals surface area contributed by atoms with Crippen molar-refractivity contribution < 1.29 is 19.1 Å². The summed E-state index contributed by atoms with van der Waals surface area (Å²) in [5, 5.41) is 3.30. The van der Waals surface area contributed by atoms with E-state index in [1.807, 2.05) is 31.2 Å². The van der Waals surface area contributed by atoms with Crippen molar-refractivity contribution in [3.63, 3.8) is 0 Å². The van der Waals surface area contributed by atoms with Crippen LogP contribution < -0.4 is 10.9 Å². The summed E-state index contributed by atoms with van der Waals surface area (Å²) in [5.74, 6) is -0.577. The number of nitrogens with one attached hydrogen (secondary N) is 1. The first-order valence-corrected chi connectivity index (χ1v) is 11.7. The minimum atomic E-state index is -0.744. The van der Waals surface area contributed by atoms with Crippen molar-refractivity contribution in [3.05, 3.63) is 57.0 Å². The Hall–Kier alpha value is -3.04. The van der Waals surface area contributed by atoms with Gasteiger partial charge < -0.3 is 14.8 Å². The zero-order chi connectivity index (χ0) is 24.1. The smallest absolute Gasteiger partial charge is 0.348 e. The highest BCUT2D eigenvalue weighted by molar-refractivity contribution is 7.20. The monoisotopic (exact) mass is 471 g/mol. The van der Waals surface area contributed by atoms with Crippen molar-refractivity contribution >= 4 is 39.1 Å². The average molecular weight is 472 g/mol. The van der Waals surface area contributed by atoms with E-state index < -0.39 is 12.0 Å². The van der Waals surface area contributed by atoms with Crippen LogP contribution in [-0.2, 0) is 14.3 Å². The molecule has 176 valence electrons. The van der Waals surface area contributed by atoms with E-state index >= 15 is 0 Å². The molecule has 1 N–H and O–H groups in total. The van der Waals surface area contributed by atoms with Gasteiger partial charge in [0.2, 0.25) is 5.91 Å². The summed E-state index contributed by atoms with van der Waals surface area (Å²) in [4.78, 5) is 44.1. The molecule has 0 aliphatic heterocycles. The lowest BCUT2D eigenvalue weighted by atomic mass is 10.0. The van der Waals surface area contributed by atoms with Gasteiger partial charge in [0.1, 0.15) is 22.4 Å². The van der Waals surface area contributed by atoms with Crippen LogP contribution in [0.3, 0.4) is 0 Å². The summed E-state index contributed by atoms with van der Waals surface area (Å²) in [5.41, 5.74) is 1.89. The Morgan fingerprint density at radius 2 is 1.94 bits per heavy atom. The summed E-state index contributed by atoms with van der Waals surface area (Å²) >= 11 is 1.11. The molecule has 0 saturated carbocycles. The number of para-hydroxylation sites is 1. The molecule has 1 unspecified atom stereocenters. The molecule has 0 fully saturated rings. The van der Waals surface area contributed by atoms with E-state index in [4.69, 9.17) is 9.47 Å². The number of carbonyl (C=O) groups is 2. The van der Waals surface area contributed by atoms with Crippen LogP contribution in [0.4, 0.5) is 5.69 Å². The third-order valence-electron chi connectivity index (χ3n) is 5.45. The van der Waals surface area contributed by atoms with Crippen molar-refractivity contribution in [1.82, 2.24) is 9.55 Å². The van der Waals surface area contributed by atoms with Crippen molar-refractivity contribution in [1.29, 1.82) is 0 Å². The largest absolute Gasteiger partial charge is 0.459 e. The van der Waals surface area contributed by atoms with Crippen molar-refractivity contribution in [2.45, 2.75) is 46.1 Å². The van der Waals surface area contributed by atoms with Crippen molar-refractivity contribution in [3.8, 4) is 0 Å². The van der Waals surface area contributed by atoms with Crippen molar-refractivity contribution in [2.75, 3.05) is 25.6 Å². The number of anilines is 1. The molecule has 3 rings (SSSR count). The summed E-state index contributed by atoms with van der Waals surface area (Å²) in [6, 6.07) is 6.88. The number of aromatic nitrogens is 2. The fourth-order valence-electron chi connectivity index (χ4n) is 3.68. The lowest BCUT2D eigenvalue weighted by molar-refractivity contribution is -0.119. The zero-order valence-corrected chi connectivity index (χ0v) is 20.3. The number of fused-ring (bicyclic) bond motifs is 1. The Morgan fingerprint density at radius 3 is 2.61 bits per heavy atom. The number of amides is 1. The van der Waals surface area contributed by atoms with Gasteiger partial charge >= 0.3 is 5.97 Å². The molecule has 33 heavy (non-hydrogen) atoms. The molecule has 2 heterocycles. The number of hydrogen-bond acceptors (Lipinski definition) is 7. The first-order valence-electron chi connectivity index (χ1n) is 10.9. The lowest BCUT2D eigenvalue weighted by Crippen LogP contribution is -2.33. The van der Waals surface area contributed by atoms with E-state index in [0.717, 1.165) is 22.6 Å². The Balaban J connectivity index is 1.94. The maximum atomic E-state index is 13.4. The predicted octanol–water partition coefficient (Wildman–Crippen LogP) is 4.28. The van der Waals surface area contributed by atoms with Crippen LogP contribution in [0.1, 0.15) is 60.0 Å².